The summed E-state index contributed by atoms with van der Waals surface area (Å²) in [6.07, 6.45) is 1.52. The number of likely N-dealkylation sites (tertiary alicyclic amines) is 1. The lowest BCUT2D eigenvalue weighted by atomic mass is 10.00. The average molecular weight is 341 g/mol. The van der Waals surface area contributed by atoms with Gasteiger partial charge in [0.05, 0.1) is 18.7 Å². The number of hydrogen-bond acceptors (Lipinski definition) is 3. The molecule has 0 bridgehead atoms. The molecule has 1 aromatic rings. The monoisotopic (exact) mass is 341 g/mol. The Morgan fingerprint density at radius 2 is 2.12 bits per heavy atom. The van der Waals surface area contributed by atoms with Crippen LogP contribution in [-0.4, -0.2) is 60.3 Å². The number of carbonyl (C=O) groups is 1. The highest BCUT2D eigenvalue weighted by Gasteiger charge is 2.35. The molecule has 0 saturated carbocycles. The molecule has 1 aliphatic heterocycles. The van der Waals surface area contributed by atoms with Crippen molar-refractivity contribution in [2.45, 2.75) is 31.8 Å². The molecule has 2 N–H and O–H groups in total. The second-order valence-corrected chi connectivity index (χ2v) is 6.15. The van der Waals surface area contributed by atoms with E-state index in [1.165, 1.54) is 6.07 Å². The third kappa shape index (κ3) is 4.21. The van der Waals surface area contributed by atoms with Gasteiger partial charge in [-0.05, 0) is 37.6 Å². The molecule has 24 heavy (non-hydrogen) atoms. The van der Waals surface area contributed by atoms with Crippen molar-refractivity contribution in [2.24, 2.45) is 0 Å². The van der Waals surface area contributed by atoms with Crippen molar-refractivity contribution < 1.29 is 18.7 Å². The summed E-state index contributed by atoms with van der Waals surface area (Å²) in [5.41, 5.74) is 0.642. The number of aliphatic hydroxyl groups excluding tert-OH is 1. The highest BCUT2D eigenvalue weighted by atomic mass is 19.2. The number of carbonyl (C=O) groups excluding carboxylic acids is 1. The number of hydrogen-bond donors (Lipinski definition) is 2. The summed E-state index contributed by atoms with van der Waals surface area (Å²) < 4.78 is 26.7. The van der Waals surface area contributed by atoms with Crippen LogP contribution in [0.15, 0.2) is 18.2 Å². The van der Waals surface area contributed by atoms with Crippen LogP contribution in [0.3, 0.4) is 0 Å². The predicted molar refractivity (Wildman–Crippen MR) is 87.6 cm³/mol. The molecule has 1 heterocycles. The van der Waals surface area contributed by atoms with Crippen LogP contribution in [0, 0.1) is 11.6 Å². The molecule has 2 amide bonds. The third-order valence-electron chi connectivity index (χ3n) is 4.39. The molecule has 1 aliphatic rings. The van der Waals surface area contributed by atoms with Crippen LogP contribution in [0.5, 0.6) is 0 Å². The van der Waals surface area contributed by atoms with Crippen LogP contribution >= 0.6 is 0 Å². The van der Waals surface area contributed by atoms with E-state index < -0.39 is 11.6 Å². The van der Waals surface area contributed by atoms with Crippen molar-refractivity contribution in [3.63, 3.8) is 0 Å². The fraction of sp³-hybridized carbons (Fsp3) is 0.588. The lowest BCUT2D eigenvalue weighted by molar-refractivity contribution is 0.170. The van der Waals surface area contributed by atoms with E-state index in [4.69, 9.17) is 5.11 Å². The molecule has 2 rings (SSSR count). The van der Waals surface area contributed by atoms with Crippen molar-refractivity contribution >= 4 is 6.03 Å². The average Bonchev–Trinajstić information content (AvgIpc) is 2.90. The minimum absolute atomic E-state index is 0.0927. The van der Waals surface area contributed by atoms with Crippen LogP contribution in [0.25, 0.3) is 0 Å². The first-order chi connectivity index (χ1) is 11.5. The van der Waals surface area contributed by atoms with Crippen molar-refractivity contribution in [1.82, 2.24) is 15.1 Å². The van der Waals surface area contributed by atoms with Gasteiger partial charge in [-0.3, -0.25) is 4.90 Å². The summed E-state index contributed by atoms with van der Waals surface area (Å²) in [6, 6.07) is 3.23. The molecule has 0 radical (unpaired) electrons. The maximum absolute atomic E-state index is 13.6. The highest BCUT2D eigenvalue weighted by Crippen LogP contribution is 2.31. The first-order valence-corrected chi connectivity index (χ1v) is 8.29. The van der Waals surface area contributed by atoms with Gasteiger partial charge in [0.15, 0.2) is 11.6 Å². The molecule has 0 aromatic heterocycles. The number of amides is 2. The minimum atomic E-state index is -0.884. The summed E-state index contributed by atoms with van der Waals surface area (Å²) in [6.45, 7) is 3.46. The molecule has 7 heteroatoms. The standard InChI is InChI=1S/C17H25F2N3O2/c1-3-7-22(9-10-23)17(24)20-15-6-8-21(2)16(15)12-4-5-13(18)14(19)11-12/h4-5,11,15-16,23H,3,6-10H2,1-2H3,(H,20,24). The van der Waals surface area contributed by atoms with Crippen LogP contribution < -0.4 is 5.32 Å². The van der Waals surface area contributed by atoms with Gasteiger partial charge in [0.1, 0.15) is 0 Å². The Kier molecular flexibility index (Phi) is 6.51. The predicted octanol–water partition coefficient (Wildman–Crippen LogP) is 2.12. The minimum Gasteiger partial charge on any atom is -0.395 e. The third-order valence-corrected chi connectivity index (χ3v) is 4.39. The molecule has 2 unspecified atom stereocenters. The van der Waals surface area contributed by atoms with E-state index in [0.29, 0.717) is 12.1 Å². The summed E-state index contributed by atoms with van der Waals surface area (Å²) in [7, 11) is 1.90. The zero-order valence-electron chi connectivity index (χ0n) is 14.1. The normalized spacial score (nSPS) is 21.0. The second kappa shape index (κ2) is 8.39. The van der Waals surface area contributed by atoms with E-state index in [9.17, 15) is 13.6 Å². The van der Waals surface area contributed by atoms with Gasteiger partial charge in [0.2, 0.25) is 0 Å². The molecule has 1 saturated heterocycles. The summed E-state index contributed by atoms with van der Waals surface area (Å²) in [5.74, 6) is -1.76. The molecule has 5 nitrogen and oxygen atoms in total. The van der Waals surface area contributed by atoms with E-state index in [0.717, 1.165) is 25.5 Å². The number of nitrogens with one attached hydrogen (secondary N) is 1. The number of benzene rings is 1. The number of rotatable bonds is 6. The van der Waals surface area contributed by atoms with Gasteiger partial charge >= 0.3 is 6.03 Å². The van der Waals surface area contributed by atoms with Crippen molar-refractivity contribution in [3.8, 4) is 0 Å². The zero-order chi connectivity index (χ0) is 17.7. The molecule has 0 aliphatic carbocycles. The molecule has 2 atom stereocenters. The fourth-order valence-corrected chi connectivity index (χ4v) is 3.24. The maximum atomic E-state index is 13.6. The van der Waals surface area contributed by atoms with Gasteiger partial charge < -0.3 is 15.3 Å². The zero-order valence-corrected chi connectivity index (χ0v) is 14.1. The SMILES string of the molecule is CCCN(CCO)C(=O)NC1CCN(C)C1c1ccc(F)c(F)c1. The van der Waals surface area contributed by atoms with Crippen LogP contribution in [0.4, 0.5) is 13.6 Å². The Hall–Kier alpha value is -1.73. The Morgan fingerprint density at radius 1 is 1.38 bits per heavy atom. The number of aliphatic hydroxyl groups is 1. The lowest BCUT2D eigenvalue weighted by Gasteiger charge is -2.29. The largest absolute Gasteiger partial charge is 0.395 e. The van der Waals surface area contributed by atoms with Gasteiger partial charge in [-0.15, -0.1) is 0 Å². The van der Waals surface area contributed by atoms with Crippen LogP contribution in [-0.2, 0) is 0 Å². The fourth-order valence-electron chi connectivity index (χ4n) is 3.24. The van der Waals surface area contributed by atoms with E-state index in [2.05, 4.69) is 5.32 Å². The van der Waals surface area contributed by atoms with Gasteiger partial charge in [0, 0.05) is 19.6 Å². The van der Waals surface area contributed by atoms with Crippen LogP contribution in [0.1, 0.15) is 31.4 Å². The summed E-state index contributed by atoms with van der Waals surface area (Å²) in [4.78, 5) is 16.0. The molecular weight excluding hydrogens is 316 g/mol. The van der Waals surface area contributed by atoms with Gasteiger partial charge in [-0.1, -0.05) is 13.0 Å². The summed E-state index contributed by atoms with van der Waals surface area (Å²) >= 11 is 0. The quantitative estimate of drug-likeness (QED) is 0.833. The molecule has 1 aromatic carbocycles. The van der Waals surface area contributed by atoms with Crippen molar-refractivity contribution in [2.75, 3.05) is 33.3 Å². The Morgan fingerprint density at radius 3 is 2.75 bits per heavy atom. The van der Waals surface area contributed by atoms with Gasteiger partial charge in [-0.25, -0.2) is 13.6 Å². The van der Waals surface area contributed by atoms with Crippen molar-refractivity contribution in [3.05, 3.63) is 35.4 Å². The number of halogens is 2. The maximum Gasteiger partial charge on any atom is 0.317 e. The molecule has 134 valence electrons. The molecular formula is C17H25F2N3O2. The Labute approximate surface area is 141 Å². The van der Waals surface area contributed by atoms with Crippen LogP contribution in [0.2, 0.25) is 0 Å². The first kappa shape index (κ1) is 18.6. The Bertz CT molecular complexity index is 565. The smallest absolute Gasteiger partial charge is 0.317 e. The topological polar surface area (TPSA) is 55.8 Å². The Balaban J connectivity index is 2.13. The second-order valence-electron chi connectivity index (χ2n) is 6.15. The van der Waals surface area contributed by atoms with Gasteiger partial charge in [0.25, 0.3) is 0 Å². The number of urea groups is 1. The van der Waals surface area contributed by atoms with E-state index in [1.807, 2.05) is 18.9 Å². The van der Waals surface area contributed by atoms with Crippen molar-refractivity contribution in [1.29, 1.82) is 0 Å². The summed E-state index contributed by atoms with van der Waals surface area (Å²) in [5, 5.41) is 12.1. The van der Waals surface area contributed by atoms with E-state index in [1.54, 1.807) is 11.0 Å². The lowest BCUT2D eigenvalue weighted by Crippen LogP contribution is -2.47. The van der Waals surface area contributed by atoms with E-state index in [-0.39, 0.29) is 31.3 Å². The number of likely N-dealkylation sites (N-methyl/N-ethyl adjacent to an activating group) is 1. The van der Waals surface area contributed by atoms with E-state index >= 15 is 0 Å². The number of nitrogens with zero attached hydrogens (tertiary/aromatic N) is 2. The molecule has 1 fully saturated rings. The van der Waals surface area contributed by atoms with Gasteiger partial charge in [-0.2, -0.15) is 0 Å². The molecule has 0 spiro atoms. The highest BCUT2D eigenvalue weighted by molar-refractivity contribution is 5.74. The first-order valence-electron chi connectivity index (χ1n) is 8.29.